The lowest BCUT2D eigenvalue weighted by Crippen LogP contribution is -2.60. The minimum absolute atomic E-state index is 0.133. The fraction of sp³-hybridized carbons (Fsp3) is 0.800. The van der Waals surface area contributed by atoms with Gasteiger partial charge in [-0.3, -0.25) is 19.3 Å². The first-order valence-electron chi connectivity index (χ1n) is 12.7. The molecule has 2 bridgehead atoms. The number of aliphatic hydroxyl groups is 1. The highest BCUT2D eigenvalue weighted by Crippen LogP contribution is 2.63. The molecule has 1 spiro atoms. The van der Waals surface area contributed by atoms with Crippen LogP contribution in [0.1, 0.15) is 33.6 Å². The minimum Gasteiger partial charge on any atom is -0.481 e. The zero-order chi connectivity index (χ0) is 25.5. The molecule has 4 rings (SSSR count). The van der Waals surface area contributed by atoms with Crippen molar-refractivity contribution in [2.75, 3.05) is 52.5 Å². The lowest BCUT2D eigenvalue weighted by Gasteiger charge is -2.41. The molecule has 196 valence electrons. The normalized spacial score (nSPS) is 35.4. The van der Waals surface area contributed by atoms with E-state index in [4.69, 9.17) is 9.47 Å². The molecule has 0 aromatic carbocycles. The van der Waals surface area contributed by atoms with Gasteiger partial charge in [-0.2, -0.15) is 0 Å². The lowest BCUT2D eigenvalue weighted by molar-refractivity contribution is -0.159. The first kappa shape index (κ1) is 26.1. The quantitative estimate of drug-likeness (QED) is 0.414. The highest BCUT2D eigenvalue weighted by Gasteiger charge is 2.78. The van der Waals surface area contributed by atoms with E-state index in [1.54, 1.807) is 17.9 Å². The standard InChI is InChI=1S/C25H39N3O7/c1-5-8-27(10-9-26-11-13-34-14-12-26)22(31)20-25-7-6-24(4,35-25)19(23(32)33)18(25)21(30)28(20)17(15-29)16(2)3/h5,16-20,29H,1,6-15H2,2-4H3,(H,32,33)/t17-,18-,19-,20?,24+,25?/m0/s1. The van der Waals surface area contributed by atoms with Gasteiger partial charge in [-0.25, -0.2) is 0 Å². The van der Waals surface area contributed by atoms with Crippen LogP contribution in [0.25, 0.3) is 0 Å². The fourth-order valence-corrected chi connectivity index (χ4v) is 6.70. The molecule has 0 aromatic rings. The Labute approximate surface area is 206 Å². The highest BCUT2D eigenvalue weighted by atomic mass is 16.5. The molecule has 2 amide bonds. The molecule has 0 aliphatic carbocycles. The van der Waals surface area contributed by atoms with Gasteiger partial charge in [0.15, 0.2) is 0 Å². The summed E-state index contributed by atoms with van der Waals surface area (Å²) in [5.74, 6) is -3.88. The maximum atomic E-state index is 14.2. The molecule has 0 aromatic heterocycles. The molecule has 4 aliphatic heterocycles. The van der Waals surface area contributed by atoms with Crippen LogP contribution in [0.15, 0.2) is 12.7 Å². The Kier molecular flexibility index (Phi) is 7.30. The molecular weight excluding hydrogens is 454 g/mol. The van der Waals surface area contributed by atoms with Crippen LogP contribution >= 0.6 is 0 Å². The summed E-state index contributed by atoms with van der Waals surface area (Å²) in [6, 6.07) is -1.61. The summed E-state index contributed by atoms with van der Waals surface area (Å²) in [6.07, 6.45) is 2.55. The number of likely N-dealkylation sites (tertiary alicyclic amines) is 1. The van der Waals surface area contributed by atoms with Crippen molar-refractivity contribution in [1.29, 1.82) is 0 Å². The van der Waals surface area contributed by atoms with Gasteiger partial charge >= 0.3 is 5.97 Å². The largest absolute Gasteiger partial charge is 0.481 e. The van der Waals surface area contributed by atoms with Crippen LogP contribution in [0.3, 0.4) is 0 Å². The highest BCUT2D eigenvalue weighted by molar-refractivity contribution is 5.98. The number of fused-ring (bicyclic) bond motifs is 1. The number of carbonyl (C=O) groups is 3. The summed E-state index contributed by atoms with van der Waals surface area (Å²) >= 11 is 0. The van der Waals surface area contributed by atoms with Crippen LogP contribution < -0.4 is 0 Å². The molecule has 6 atom stereocenters. The van der Waals surface area contributed by atoms with Gasteiger partial charge in [0.1, 0.15) is 11.6 Å². The number of carbonyl (C=O) groups excluding carboxylic acids is 2. The van der Waals surface area contributed by atoms with Gasteiger partial charge in [0.05, 0.1) is 43.3 Å². The molecule has 35 heavy (non-hydrogen) atoms. The zero-order valence-corrected chi connectivity index (χ0v) is 21.0. The lowest BCUT2D eigenvalue weighted by atomic mass is 9.66. The van der Waals surface area contributed by atoms with E-state index in [1.165, 1.54) is 4.90 Å². The van der Waals surface area contributed by atoms with Crippen molar-refractivity contribution in [3.8, 4) is 0 Å². The monoisotopic (exact) mass is 493 g/mol. The van der Waals surface area contributed by atoms with Gasteiger partial charge in [-0.05, 0) is 25.7 Å². The van der Waals surface area contributed by atoms with Gasteiger partial charge in [0.2, 0.25) is 11.8 Å². The van der Waals surface area contributed by atoms with Crippen LogP contribution in [0, 0.1) is 17.8 Å². The molecule has 0 radical (unpaired) electrons. The van der Waals surface area contributed by atoms with E-state index in [1.807, 2.05) is 13.8 Å². The molecule has 4 saturated heterocycles. The van der Waals surface area contributed by atoms with Crippen molar-refractivity contribution in [2.45, 2.75) is 56.9 Å². The number of aliphatic carboxylic acids is 1. The predicted octanol–water partition coefficient (Wildman–Crippen LogP) is 0.199. The van der Waals surface area contributed by atoms with E-state index < -0.39 is 47.0 Å². The number of nitrogens with zero attached hydrogens (tertiary/aromatic N) is 3. The van der Waals surface area contributed by atoms with Crippen LogP contribution in [0.2, 0.25) is 0 Å². The van der Waals surface area contributed by atoms with Gasteiger partial charge in [0, 0.05) is 32.7 Å². The second-order valence-electron chi connectivity index (χ2n) is 10.8. The Bertz CT molecular complexity index is 860. The summed E-state index contributed by atoms with van der Waals surface area (Å²) in [4.78, 5) is 45.8. The number of carboxylic acids is 1. The molecule has 2 N–H and O–H groups in total. The molecule has 10 heteroatoms. The third-order valence-electron chi connectivity index (χ3n) is 8.48. The third-order valence-corrected chi connectivity index (χ3v) is 8.48. The Morgan fingerprint density at radius 2 is 1.97 bits per heavy atom. The number of hydrogen-bond donors (Lipinski definition) is 2. The van der Waals surface area contributed by atoms with Gasteiger partial charge in [0.25, 0.3) is 0 Å². The topological polar surface area (TPSA) is 120 Å². The van der Waals surface area contributed by atoms with Gasteiger partial charge < -0.3 is 29.5 Å². The third kappa shape index (κ3) is 4.18. The number of rotatable bonds is 10. The Morgan fingerprint density at radius 3 is 2.54 bits per heavy atom. The van der Waals surface area contributed by atoms with Gasteiger partial charge in [-0.15, -0.1) is 6.58 Å². The van der Waals surface area contributed by atoms with Crippen molar-refractivity contribution in [1.82, 2.24) is 14.7 Å². The summed E-state index contributed by atoms with van der Waals surface area (Å²) in [7, 11) is 0. The number of amides is 2. The molecule has 4 fully saturated rings. The van der Waals surface area contributed by atoms with Crippen molar-refractivity contribution < 1.29 is 34.1 Å². The van der Waals surface area contributed by atoms with Crippen LogP contribution in [-0.2, 0) is 23.9 Å². The van der Waals surface area contributed by atoms with E-state index in [9.17, 15) is 24.6 Å². The van der Waals surface area contributed by atoms with E-state index in [2.05, 4.69) is 11.5 Å². The van der Waals surface area contributed by atoms with E-state index in [-0.39, 0.29) is 18.4 Å². The van der Waals surface area contributed by atoms with Crippen molar-refractivity contribution in [3.05, 3.63) is 12.7 Å². The maximum Gasteiger partial charge on any atom is 0.310 e. The maximum absolute atomic E-state index is 14.2. The minimum atomic E-state index is -1.22. The van der Waals surface area contributed by atoms with E-state index >= 15 is 0 Å². The summed E-state index contributed by atoms with van der Waals surface area (Å²) in [5.41, 5.74) is -2.22. The smallest absolute Gasteiger partial charge is 0.310 e. The van der Waals surface area contributed by atoms with Crippen LogP contribution in [0.5, 0.6) is 0 Å². The molecule has 2 unspecified atom stereocenters. The molecular formula is C25H39N3O7. The van der Waals surface area contributed by atoms with E-state index in [0.717, 1.165) is 13.1 Å². The average molecular weight is 494 g/mol. The second-order valence-corrected chi connectivity index (χ2v) is 10.8. The van der Waals surface area contributed by atoms with Gasteiger partial charge in [-0.1, -0.05) is 19.9 Å². The van der Waals surface area contributed by atoms with Crippen molar-refractivity contribution >= 4 is 17.8 Å². The van der Waals surface area contributed by atoms with Crippen LogP contribution in [0.4, 0.5) is 0 Å². The SMILES string of the molecule is C=CCN(CCN1CCOCC1)C(=O)C1N([C@@H](CO)C(C)C)C(=O)[C@@H]2[C@@H](C(=O)O)[C@@]3(C)CCC12O3. The molecule has 10 nitrogen and oxygen atoms in total. The molecule has 4 aliphatic rings. The first-order chi connectivity index (χ1) is 16.6. The summed E-state index contributed by atoms with van der Waals surface area (Å²) < 4.78 is 11.9. The first-order valence-corrected chi connectivity index (χ1v) is 12.7. The van der Waals surface area contributed by atoms with Crippen molar-refractivity contribution in [3.63, 3.8) is 0 Å². The van der Waals surface area contributed by atoms with Crippen molar-refractivity contribution in [2.24, 2.45) is 17.8 Å². The Balaban J connectivity index is 1.70. The van der Waals surface area contributed by atoms with Crippen LogP contribution in [-0.4, -0.2) is 119 Å². The second kappa shape index (κ2) is 9.80. The average Bonchev–Trinajstić information content (AvgIpc) is 3.38. The number of carboxylic acid groups (broad SMARTS) is 1. The summed E-state index contributed by atoms with van der Waals surface area (Å²) in [6.45, 7) is 13.3. The predicted molar refractivity (Wildman–Crippen MR) is 126 cm³/mol. The number of ether oxygens (including phenoxy) is 2. The summed E-state index contributed by atoms with van der Waals surface area (Å²) in [5, 5.41) is 20.3. The number of hydrogen-bond acceptors (Lipinski definition) is 7. The van der Waals surface area contributed by atoms with E-state index in [0.29, 0.717) is 45.7 Å². The number of morpholine rings is 1. The molecule has 0 saturated carbocycles. The Morgan fingerprint density at radius 1 is 1.29 bits per heavy atom. The Hall–Kier alpha value is -2.01. The molecule has 4 heterocycles. The fourth-order valence-electron chi connectivity index (χ4n) is 6.70. The number of aliphatic hydroxyl groups excluding tert-OH is 1. The zero-order valence-electron chi connectivity index (χ0n) is 21.0.